The van der Waals surface area contributed by atoms with E-state index < -0.39 is 37.4 Å². The fourth-order valence-corrected chi connectivity index (χ4v) is 9.75. The van der Waals surface area contributed by atoms with Gasteiger partial charge in [0.15, 0.2) is 0 Å². The van der Waals surface area contributed by atoms with Crippen LogP contribution in [0, 0.1) is 0 Å². The standard InChI is InChI=1S/2C7HBr4ClO2.Hg/c2*8-2-1(7(13)14)3(9)5(11)6(12)4(2)10;/h2*(H,13,14);/q;;+2/p-2. The normalized spacial score (nSPS) is 10.6. The summed E-state index contributed by atoms with van der Waals surface area (Å²) in [4.78, 5) is 25.1. The van der Waals surface area contributed by atoms with E-state index in [1.54, 1.807) is 0 Å². The Balaban J connectivity index is 2.20. The van der Waals surface area contributed by atoms with E-state index in [1.807, 2.05) is 0 Å². The van der Waals surface area contributed by atoms with Gasteiger partial charge in [0.05, 0.1) is 0 Å². The van der Waals surface area contributed by atoms with Gasteiger partial charge in [-0.1, -0.05) is 0 Å². The van der Waals surface area contributed by atoms with Crippen LogP contribution >= 0.6 is 151 Å². The maximum atomic E-state index is 12.6. The predicted molar refractivity (Wildman–Crippen MR) is 135 cm³/mol. The number of halogens is 10. The molecule has 0 saturated carbocycles. The summed E-state index contributed by atoms with van der Waals surface area (Å²) < 4.78 is 14.2. The number of benzene rings is 2. The number of hydrogen-bond acceptors (Lipinski definition) is 4. The second-order valence-electron chi connectivity index (χ2n) is 4.87. The fraction of sp³-hybridized carbons (Fsp3) is 0. The molecule has 0 fully saturated rings. The third-order valence-corrected chi connectivity index (χ3v) is 16.3. The second kappa shape index (κ2) is 11.9. The van der Waals surface area contributed by atoms with Crippen molar-refractivity contribution in [2.45, 2.75) is 0 Å². The molecule has 0 heterocycles. The predicted octanol–water partition coefficient (Wildman–Crippen LogP) is 10.0. The van der Waals surface area contributed by atoms with Gasteiger partial charge in [-0.2, -0.15) is 0 Å². The molecule has 0 radical (unpaired) electrons. The van der Waals surface area contributed by atoms with E-state index in [0.717, 1.165) is 0 Å². The number of carbonyl (C=O) groups excluding carboxylic acids is 2. The number of hydrogen-bond donors (Lipinski definition) is 0. The van der Waals surface area contributed by atoms with Crippen molar-refractivity contribution in [2.75, 3.05) is 0 Å². The van der Waals surface area contributed by atoms with Crippen molar-refractivity contribution in [3.05, 3.63) is 57.0 Å². The van der Waals surface area contributed by atoms with Crippen LogP contribution in [0.15, 0.2) is 35.8 Å². The van der Waals surface area contributed by atoms with Crippen LogP contribution in [0.25, 0.3) is 0 Å². The summed E-state index contributed by atoms with van der Waals surface area (Å²) >= 11 is 35.9. The molecule has 0 aromatic heterocycles. The molecule has 0 aliphatic carbocycles. The summed E-state index contributed by atoms with van der Waals surface area (Å²) in [5.74, 6) is -1.29. The van der Waals surface area contributed by atoms with E-state index in [2.05, 4.69) is 127 Å². The molecule has 2 aromatic rings. The van der Waals surface area contributed by atoms with Gasteiger partial charge in [0.2, 0.25) is 0 Å². The molecule has 2 aromatic carbocycles. The van der Waals surface area contributed by atoms with Gasteiger partial charge in [0.25, 0.3) is 0 Å². The average Bonchev–Trinajstić information content (AvgIpc) is 2.68. The van der Waals surface area contributed by atoms with Gasteiger partial charge in [-0.3, -0.25) is 0 Å². The van der Waals surface area contributed by atoms with E-state index in [4.69, 9.17) is 28.5 Å². The Morgan fingerprint density at radius 2 is 0.793 bits per heavy atom. The Bertz CT molecular complexity index is 910. The molecule has 0 saturated heterocycles. The average molecular weight is 1140 g/mol. The summed E-state index contributed by atoms with van der Waals surface area (Å²) in [6, 6.07) is 0. The van der Waals surface area contributed by atoms with Gasteiger partial charge in [-0.05, 0) is 0 Å². The zero-order valence-electron chi connectivity index (χ0n) is 13.1. The summed E-state index contributed by atoms with van der Waals surface area (Å²) in [5.41, 5.74) is 0.423. The van der Waals surface area contributed by atoms with Gasteiger partial charge in [-0.15, -0.1) is 0 Å². The Kier molecular flexibility index (Phi) is 11.5. The minimum absolute atomic E-state index is 0.212. The first kappa shape index (κ1) is 28.0. The molecule has 29 heavy (non-hydrogen) atoms. The summed E-state index contributed by atoms with van der Waals surface area (Å²) in [7, 11) is 0. The molecular weight excluding hydrogens is 1140 g/mol. The van der Waals surface area contributed by atoms with Crippen LogP contribution in [0.3, 0.4) is 0 Å². The van der Waals surface area contributed by atoms with Crippen molar-refractivity contribution >= 4 is 163 Å². The van der Waals surface area contributed by atoms with Crippen LogP contribution in [0.2, 0.25) is 10.0 Å². The van der Waals surface area contributed by atoms with Gasteiger partial charge in [-0.25, -0.2) is 0 Å². The zero-order chi connectivity index (χ0) is 22.2. The molecule has 0 spiro atoms. The van der Waals surface area contributed by atoms with E-state index in [-0.39, 0.29) is 11.1 Å². The summed E-state index contributed by atoms with van der Waals surface area (Å²) in [6.07, 6.45) is 0. The van der Waals surface area contributed by atoms with E-state index in [1.165, 1.54) is 0 Å². The Labute approximate surface area is 255 Å². The van der Waals surface area contributed by atoms with Crippen LogP contribution in [0.5, 0.6) is 0 Å². The van der Waals surface area contributed by atoms with Crippen molar-refractivity contribution in [1.82, 2.24) is 0 Å². The molecule has 0 N–H and O–H groups in total. The Morgan fingerprint density at radius 1 is 0.552 bits per heavy atom. The molecular formula is C14Br8Cl2HgO4. The quantitative estimate of drug-likeness (QED) is 0.174. The van der Waals surface area contributed by atoms with Crippen LogP contribution in [-0.4, -0.2) is 11.9 Å². The van der Waals surface area contributed by atoms with Crippen LogP contribution in [0.4, 0.5) is 0 Å². The first-order chi connectivity index (χ1) is 13.4. The Morgan fingerprint density at radius 3 is 1.03 bits per heavy atom. The summed E-state index contributed by atoms with van der Waals surface area (Å²) in [5, 5.41) is 0.759. The zero-order valence-corrected chi connectivity index (χ0v) is 32.8. The molecule has 0 amide bonds. The molecule has 2 rings (SSSR count). The number of rotatable bonds is 4. The molecule has 4 nitrogen and oxygen atoms in total. The molecule has 0 bridgehead atoms. The monoisotopic (exact) mass is 1140 g/mol. The molecule has 0 unspecified atom stereocenters. The minimum atomic E-state index is -2.85. The van der Waals surface area contributed by atoms with Gasteiger partial charge >= 0.3 is 260 Å². The van der Waals surface area contributed by atoms with E-state index in [9.17, 15) is 9.59 Å². The van der Waals surface area contributed by atoms with Crippen molar-refractivity contribution in [1.29, 1.82) is 0 Å². The van der Waals surface area contributed by atoms with Crippen LogP contribution in [0.1, 0.15) is 20.7 Å². The van der Waals surface area contributed by atoms with Gasteiger partial charge in [0.1, 0.15) is 0 Å². The molecule has 15 heteroatoms. The van der Waals surface area contributed by atoms with Crippen molar-refractivity contribution in [2.24, 2.45) is 0 Å². The maximum absolute atomic E-state index is 12.6. The molecule has 0 atom stereocenters. The van der Waals surface area contributed by atoms with Gasteiger partial charge in [0, 0.05) is 0 Å². The van der Waals surface area contributed by atoms with Crippen molar-refractivity contribution in [3.63, 3.8) is 0 Å². The third kappa shape index (κ3) is 6.06. The second-order valence-corrected chi connectivity index (χ2v) is 15.1. The van der Waals surface area contributed by atoms with Crippen molar-refractivity contribution < 1.29 is 40.4 Å². The molecule has 0 aliphatic heterocycles. The van der Waals surface area contributed by atoms with E-state index in [0.29, 0.717) is 45.8 Å². The van der Waals surface area contributed by atoms with Gasteiger partial charge < -0.3 is 0 Å². The molecule has 152 valence electrons. The Hall–Kier alpha value is 2.74. The molecule has 0 aliphatic rings. The van der Waals surface area contributed by atoms with Crippen LogP contribution < -0.4 is 0 Å². The summed E-state index contributed by atoms with van der Waals surface area (Å²) in [6.45, 7) is 0. The van der Waals surface area contributed by atoms with E-state index >= 15 is 0 Å². The van der Waals surface area contributed by atoms with Crippen LogP contribution in [-0.2, 0) is 30.8 Å². The topological polar surface area (TPSA) is 52.6 Å². The first-order valence-electron chi connectivity index (χ1n) is 6.78. The first-order valence-corrected chi connectivity index (χ1v) is 18.4. The van der Waals surface area contributed by atoms with Crippen molar-refractivity contribution in [3.8, 4) is 0 Å². The number of carbonyl (C=O) groups is 2. The fourth-order valence-electron chi connectivity index (χ4n) is 1.85. The SMILES string of the molecule is O=C([O][Hg][O]C(=O)c1c(Br)c(Br)c(Cl)c(Br)c1Br)c1c(Br)c(Br)c(Cl)c(Br)c1Br. The third-order valence-electron chi connectivity index (χ3n) is 3.21.